The van der Waals surface area contributed by atoms with Crippen molar-refractivity contribution in [1.29, 1.82) is 0 Å². The number of halogens is 2. The molecule has 0 aromatic heterocycles. The van der Waals surface area contributed by atoms with Crippen LogP contribution in [0.5, 0.6) is 0 Å². The van der Waals surface area contributed by atoms with E-state index in [4.69, 9.17) is 0 Å². The lowest BCUT2D eigenvalue weighted by Crippen LogP contribution is -2.35. The maximum Gasteiger partial charge on any atom is 0.266 e. The van der Waals surface area contributed by atoms with Crippen LogP contribution in [0.4, 0.5) is 0 Å². The van der Waals surface area contributed by atoms with Gasteiger partial charge in [0, 0.05) is 14.5 Å². The van der Waals surface area contributed by atoms with E-state index in [1.165, 1.54) is 4.31 Å². The summed E-state index contributed by atoms with van der Waals surface area (Å²) >= 11 is 6.65. The van der Waals surface area contributed by atoms with Gasteiger partial charge < -0.3 is 0 Å². The van der Waals surface area contributed by atoms with Gasteiger partial charge in [0.15, 0.2) is 0 Å². The summed E-state index contributed by atoms with van der Waals surface area (Å²) in [4.78, 5) is 4.60. The maximum absolute atomic E-state index is 13.0. The second-order valence-corrected chi connectivity index (χ2v) is 8.32. The van der Waals surface area contributed by atoms with Crippen molar-refractivity contribution in [2.24, 2.45) is 4.99 Å². The van der Waals surface area contributed by atoms with Gasteiger partial charge in [-0.15, -0.1) is 0 Å². The minimum absolute atomic E-state index is 0.229. The Morgan fingerprint density at radius 1 is 1.05 bits per heavy atom. The zero-order chi connectivity index (χ0) is 15.7. The van der Waals surface area contributed by atoms with Crippen LogP contribution in [0.15, 0.2) is 67.4 Å². The second kappa shape index (κ2) is 6.14. The second-order valence-electron chi connectivity index (χ2n) is 4.72. The lowest BCUT2D eigenvalue weighted by molar-refractivity contribution is 0.537. The summed E-state index contributed by atoms with van der Waals surface area (Å²) in [6, 6.07) is 14.5. The van der Waals surface area contributed by atoms with Crippen LogP contribution in [0.1, 0.15) is 5.56 Å². The number of aliphatic imine (C=N–C) groups is 1. The molecule has 2 aromatic rings. The van der Waals surface area contributed by atoms with Crippen molar-refractivity contribution >= 4 is 47.7 Å². The molecule has 7 heteroatoms. The molecule has 0 saturated carbocycles. The van der Waals surface area contributed by atoms with Crippen LogP contribution in [0.3, 0.4) is 0 Å². The molecule has 1 aliphatic heterocycles. The fourth-order valence-corrected chi connectivity index (χ4v) is 5.20. The average Bonchev–Trinajstić information content (AvgIpc) is 3.01. The molecule has 4 nitrogen and oxygen atoms in total. The number of benzene rings is 2. The summed E-state index contributed by atoms with van der Waals surface area (Å²) < 4.78 is 28.6. The van der Waals surface area contributed by atoms with Crippen LogP contribution in [0.25, 0.3) is 0 Å². The molecule has 22 heavy (non-hydrogen) atoms. The standard InChI is InChI=1S/C15H12Br2N2O2S/c16-12-6-7-13(17)14(10-12)22(20,21)19-9-8-18-15(19)11-4-2-1-3-5-11/h1-7,10H,8-9H2. The number of amidine groups is 1. The van der Waals surface area contributed by atoms with Crippen molar-refractivity contribution in [2.75, 3.05) is 13.1 Å². The van der Waals surface area contributed by atoms with Crippen LogP contribution < -0.4 is 0 Å². The van der Waals surface area contributed by atoms with E-state index in [1.807, 2.05) is 30.3 Å². The Balaban J connectivity index is 2.06. The van der Waals surface area contributed by atoms with E-state index in [0.29, 0.717) is 27.9 Å². The van der Waals surface area contributed by atoms with Crippen molar-refractivity contribution in [3.05, 3.63) is 63.0 Å². The zero-order valence-electron chi connectivity index (χ0n) is 11.4. The van der Waals surface area contributed by atoms with Crippen LogP contribution in [0.2, 0.25) is 0 Å². The van der Waals surface area contributed by atoms with Gasteiger partial charge in [0.1, 0.15) is 10.7 Å². The van der Waals surface area contributed by atoms with Crippen LogP contribution in [0, 0.1) is 0 Å². The molecule has 3 rings (SSSR count). The van der Waals surface area contributed by atoms with Gasteiger partial charge in [0.2, 0.25) is 0 Å². The molecule has 114 valence electrons. The number of hydrogen-bond acceptors (Lipinski definition) is 3. The minimum Gasteiger partial charge on any atom is -0.265 e. The van der Waals surface area contributed by atoms with Crippen LogP contribution >= 0.6 is 31.9 Å². The first-order valence-corrected chi connectivity index (χ1v) is 9.60. The van der Waals surface area contributed by atoms with Crippen molar-refractivity contribution in [3.8, 4) is 0 Å². The summed E-state index contributed by atoms with van der Waals surface area (Å²) in [5.41, 5.74) is 0.801. The van der Waals surface area contributed by atoms with Gasteiger partial charge >= 0.3 is 0 Å². The third-order valence-corrected chi connectivity index (χ3v) is 6.57. The largest absolute Gasteiger partial charge is 0.266 e. The number of hydrogen-bond donors (Lipinski definition) is 0. The molecule has 0 saturated heterocycles. The Morgan fingerprint density at radius 2 is 1.77 bits per heavy atom. The minimum atomic E-state index is -3.66. The van der Waals surface area contributed by atoms with Gasteiger partial charge in [-0.25, -0.2) is 12.7 Å². The Bertz CT molecular complexity index is 836. The van der Waals surface area contributed by atoms with Crippen molar-refractivity contribution in [2.45, 2.75) is 4.90 Å². The summed E-state index contributed by atoms with van der Waals surface area (Å²) in [5, 5.41) is 0. The molecule has 0 aliphatic carbocycles. The predicted molar refractivity (Wildman–Crippen MR) is 93.6 cm³/mol. The van der Waals surface area contributed by atoms with E-state index < -0.39 is 10.0 Å². The molecular formula is C15H12Br2N2O2S. The fourth-order valence-electron chi connectivity index (χ4n) is 2.28. The molecule has 0 spiro atoms. The molecule has 2 aromatic carbocycles. The normalized spacial score (nSPS) is 15.0. The van der Waals surface area contributed by atoms with E-state index in [1.54, 1.807) is 18.2 Å². The highest BCUT2D eigenvalue weighted by Crippen LogP contribution is 2.30. The average molecular weight is 444 g/mol. The summed E-state index contributed by atoms with van der Waals surface area (Å²) in [6.07, 6.45) is 0. The predicted octanol–water partition coefficient (Wildman–Crippen LogP) is 3.66. The lowest BCUT2D eigenvalue weighted by Gasteiger charge is -2.21. The van der Waals surface area contributed by atoms with E-state index in [2.05, 4.69) is 36.9 Å². The molecule has 0 fully saturated rings. The Kier molecular flexibility index (Phi) is 4.38. The summed E-state index contributed by atoms with van der Waals surface area (Å²) in [5.74, 6) is 0.493. The van der Waals surface area contributed by atoms with E-state index in [-0.39, 0.29) is 4.90 Å². The van der Waals surface area contributed by atoms with Crippen LogP contribution in [-0.2, 0) is 10.0 Å². The highest BCUT2D eigenvalue weighted by atomic mass is 79.9. The van der Waals surface area contributed by atoms with Gasteiger partial charge in [-0.1, -0.05) is 46.3 Å². The molecule has 0 unspecified atom stereocenters. The van der Waals surface area contributed by atoms with E-state index >= 15 is 0 Å². The fraction of sp³-hybridized carbons (Fsp3) is 0.133. The zero-order valence-corrected chi connectivity index (χ0v) is 15.4. The van der Waals surface area contributed by atoms with Gasteiger partial charge in [-0.05, 0) is 34.1 Å². The highest BCUT2D eigenvalue weighted by Gasteiger charge is 2.32. The summed E-state index contributed by atoms with van der Waals surface area (Å²) in [6.45, 7) is 0.820. The molecule has 0 amide bonds. The van der Waals surface area contributed by atoms with Gasteiger partial charge in [-0.3, -0.25) is 4.99 Å². The smallest absolute Gasteiger partial charge is 0.265 e. The Labute approximate surface area is 146 Å². The number of nitrogens with zero attached hydrogens (tertiary/aromatic N) is 2. The first kappa shape index (κ1) is 15.7. The molecule has 0 atom stereocenters. The molecule has 1 aliphatic rings. The number of sulfonamides is 1. The van der Waals surface area contributed by atoms with Gasteiger partial charge in [0.05, 0.1) is 13.1 Å². The first-order chi connectivity index (χ1) is 10.5. The van der Waals surface area contributed by atoms with E-state index in [9.17, 15) is 8.42 Å². The Morgan fingerprint density at radius 3 is 2.50 bits per heavy atom. The molecule has 0 bridgehead atoms. The summed E-state index contributed by atoms with van der Waals surface area (Å²) in [7, 11) is -3.66. The first-order valence-electron chi connectivity index (χ1n) is 6.58. The van der Waals surface area contributed by atoms with Crippen molar-refractivity contribution in [1.82, 2.24) is 4.31 Å². The third kappa shape index (κ3) is 2.85. The topological polar surface area (TPSA) is 49.7 Å². The lowest BCUT2D eigenvalue weighted by atomic mass is 10.2. The van der Waals surface area contributed by atoms with E-state index in [0.717, 1.165) is 5.56 Å². The highest BCUT2D eigenvalue weighted by molar-refractivity contribution is 9.11. The van der Waals surface area contributed by atoms with Crippen molar-refractivity contribution in [3.63, 3.8) is 0 Å². The third-order valence-electron chi connectivity index (χ3n) is 3.29. The molecule has 0 N–H and O–H groups in total. The van der Waals surface area contributed by atoms with Crippen molar-refractivity contribution < 1.29 is 8.42 Å². The molecular weight excluding hydrogens is 432 g/mol. The quantitative estimate of drug-likeness (QED) is 0.726. The molecule has 1 heterocycles. The maximum atomic E-state index is 13.0. The number of rotatable bonds is 3. The van der Waals surface area contributed by atoms with Gasteiger partial charge in [0.25, 0.3) is 10.0 Å². The Hall–Kier alpha value is -1.18. The van der Waals surface area contributed by atoms with Gasteiger partial charge in [-0.2, -0.15) is 0 Å². The SMILES string of the molecule is O=S(=O)(c1cc(Br)ccc1Br)N1CCN=C1c1ccccc1. The van der Waals surface area contributed by atoms with Crippen LogP contribution in [-0.4, -0.2) is 31.6 Å². The molecule has 0 radical (unpaired) electrons. The monoisotopic (exact) mass is 442 g/mol.